The molecular formula is C30H36Cl2N6OS. The molecule has 0 saturated carbocycles. The van der Waals surface area contributed by atoms with Gasteiger partial charge in [-0.25, -0.2) is 4.98 Å². The highest BCUT2D eigenvalue weighted by molar-refractivity contribution is 7.80. The van der Waals surface area contributed by atoms with Gasteiger partial charge in [-0.05, 0) is 60.3 Å². The topological polar surface area (TPSA) is 86.0 Å². The van der Waals surface area contributed by atoms with Gasteiger partial charge in [-0.2, -0.15) is 5.26 Å². The van der Waals surface area contributed by atoms with E-state index in [1.165, 1.54) is 0 Å². The summed E-state index contributed by atoms with van der Waals surface area (Å²) in [5, 5.41) is 17.2. The second-order valence-electron chi connectivity index (χ2n) is 10.2. The average molecular weight is 600 g/mol. The molecule has 2 aromatic carbocycles. The number of hydrogen-bond donors (Lipinski definition) is 2. The molecule has 0 bridgehead atoms. The van der Waals surface area contributed by atoms with Crippen LogP contribution >= 0.6 is 35.4 Å². The molecule has 0 saturated heterocycles. The fourth-order valence-corrected chi connectivity index (χ4v) is 5.04. The number of imidazole rings is 1. The third kappa shape index (κ3) is 9.51. The van der Waals surface area contributed by atoms with Crippen molar-refractivity contribution in [2.75, 3.05) is 13.1 Å². The Morgan fingerprint density at radius 2 is 1.95 bits per heavy atom. The number of carbonyl (C=O) groups excluding carboxylic acids is 1. The van der Waals surface area contributed by atoms with Crippen LogP contribution in [0.5, 0.6) is 0 Å². The number of aromatic nitrogens is 2. The lowest BCUT2D eigenvalue weighted by atomic mass is 10.0. The molecule has 40 heavy (non-hydrogen) atoms. The normalized spacial score (nSPS) is 11.6. The maximum absolute atomic E-state index is 13.3. The van der Waals surface area contributed by atoms with Crippen molar-refractivity contribution >= 4 is 46.4 Å². The smallest absolute Gasteiger partial charge is 0.226 e. The van der Waals surface area contributed by atoms with E-state index in [4.69, 9.17) is 40.7 Å². The van der Waals surface area contributed by atoms with Gasteiger partial charge in [-0.3, -0.25) is 4.79 Å². The van der Waals surface area contributed by atoms with E-state index >= 15 is 0 Å². The highest BCUT2D eigenvalue weighted by Crippen LogP contribution is 2.27. The first-order valence-corrected chi connectivity index (χ1v) is 14.6. The fraction of sp³-hybridized carbons (Fsp3) is 0.400. The summed E-state index contributed by atoms with van der Waals surface area (Å²) in [6, 6.07) is 15.0. The van der Waals surface area contributed by atoms with Gasteiger partial charge in [-0.15, -0.1) is 0 Å². The standard InChI is InChI=1S/C30H36Cl2N6OS/c1-4-12-35-30(40)37(18-24-6-5-7-27(31)29(24)32)19-25(13-21(2)3)36-28(39)14-26-16-34-20-38(26)17-23-10-8-22(15-33)9-11-23/h5-11,16,20-21,25H,4,12-14,17-19H2,1-3H3,(H,35,40)(H,36,39)/t25-/m0/s1. The summed E-state index contributed by atoms with van der Waals surface area (Å²) in [5.41, 5.74) is 3.32. The minimum Gasteiger partial charge on any atom is -0.363 e. The van der Waals surface area contributed by atoms with E-state index in [0.29, 0.717) is 46.3 Å². The van der Waals surface area contributed by atoms with Crippen molar-refractivity contribution in [2.24, 2.45) is 5.92 Å². The predicted octanol–water partition coefficient (Wildman–Crippen LogP) is 5.97. The zero-order chi connectivity index (χ0) is 29.1. The van der Waals surface area contributed by atoms with E-state index in [1.54, 1.807) is 30.7 Å². The quantitative estimate of drug-likeness (QED) is 0.236. The maximum Gasteiger partial charge on any atom is 0.226 e. The molecule has 0 aliphatic rings. The predicted molar refractivity (Wildman–Crippen MR) is 165 cm³/mol. The molecule has 3 rings (SSSR count). The van der Waals surface area contributed by atoms with Crippen LogP contribution in [0.2, 0.25) is 10.0 Å². The molecule has 0 aliphatic carbocycles. The van der Waals surface area contributed by atoms with Gasteiger partial charge in [0.2, 0.25) is 5.91 Å². The first kappa shape index (κ1) is 31.4. The minimum absolute atomic E-state index is 0.0830. The van der Waals surface area contributed by atoms with Crippen LogP contribution in [0.3, 0.4) is 0 Å². The van der Waals surface area contributed by atoms with Crippen molar-refractivity contribution < 1.29 is 4.79 Å². The zero-order valence-corrected chi connectivity index (χ0v) is 25.5. The van der Waals surface area contributed by atoms with Gasteiger partial charge >= 0.3 is 0 Å². The summed E-state index contributed by atoms with van der Waals surface area (Å²) in [5.74, 6) is 0.279. The van der Waals surface area contributed by atoms with Crippen molar-refractivity contribution in [3.05, 3.63) is 87.4 Å². The Kier molecular flexibility index (Phi) is 12.3. The Labute approximate surface area is 252 Å². The largest absolute Gasteiger partial charge is 0.363 e. The molecule has 1 heterocycles. The third-order valence-corrected chi connectivity index (χ3v) is 7.60. The second kappa shape index (κ2) is 15.6. The first-order valence-electron chi connectivity index (χ1n) is 13.4. The van der Waals surface area contributed by atoms with Crippen molar-refractivity contribution in [3.8, 4) is 6.07 Å². The number of thiocarbonyl (C=S) groups is 1. The number of hydrogen-bond acceptors (Lipinski definition) is 4. The van der Waals surface area contributed by atoms with Crippen molar-refractivity contribution in [1.82, 2.24) is 25.1 Å². The zero-order valence-electron chi connectivity index (χ0n) is 23.2. The minimum atomic E-state index is -0.137. The van der Waals surface area contributed by atoms with Crippen LogP contribution in [0.15, 0.2) is 55.0 Å². The summed E-state index contributed by atoms with van der Waals surface area (Å²) in [4.78, 5) is 19.6. The van der Waals surface area contributed by atoms with Crippen molar-refractivity contribution in [3.63, 3.8) is 0 Å². The summed E-state index contributed by atoms with van der Waals surface area (Å²) >= 11 is 18.5. The molecule has 0 unspecified atom stereocenters. The number of nitriles is 1. The summed E-state index contributed by atoms with van der Waals surface area (Å²) < 4.78 is 1.95. The molecule has 1 atom stereocenters. The average Bonchev–Trinajstić information content (AvgIpc) is 3.35. The Bertz CT molecular complexity index is 1320. The molecular weight excluding hydrogens is 563 g/mol. The van der Waals surface area contributed by atoms with Crippen LogP contribution in [0.25, 0.3) is 0 Å². The van der Waals surface area contributed by atoms with Gasteiger partial charge in [-0.1, -0.05) is 68.2 Å². The molecule has 0 fully saturated rings. The Morgan fingerprint density at radius 1 is 1.20 bits per heavy atom. The monoisotopic (exact) mass is 598 g/mol. The Hall–Kier alpha value is -3.12. The number of nitrogens with one attached hydrogen (secondary N) is 2. The fourth-order valence-electron chi connectivity index (χ4n) is 4.42. The van der Waals surface area contributed by atoms with Crippen LogP contribution < -0.4 is 10.6 Å². The first-order chi connectivity index (χ1) is 19.2. The molecule has 0 aliphatic heterocycles. The molecule has 0 radical (unpaired) electrons. The van der Waals surface area contributed by atoms with Gasteiger partial charge in [0.1, 0.15) is 0 Å². The molecule has 1 amide bonds. The van der Waals surface area contributed by atoms with Crippen LogP contribution in [0.1, 0.15) is 56.0 Å². The number of carbonyl (C=O) groups is 1. The SMILES string of the molecule is CCCNC(=S)N(Cc1cccc(Cl)c1Cl)C[C@H](CC(C)C)NC(=O)Cc1cncn1Cc1ccc(C#N)cc1. The molecule has 1 aromatic heterocycles. The van der Waals surface area contributed by atoms with Gasteiger partial charge < -0.3 is 20.1 Å². The van der Waals surface area contributed by atoms with Crippen molar-refractivity contribution in [2.45, 2.75) is 59.2 Å². The number of halogens is 2. The van der Waals surface area contributed by atoms with E-state index in [0.717, 1.165) is 36.2 Å². The van der Waals surface area contributed by atoms with Gasteiger partial charge in [0.15, 0.2) is 5.11 Å². The lowest BCUT2D eigenvalue weighted by molar-refractivity contribution is -0.121. The summed E-state index contributed by atoms with van der Waals surface area (Å²) in [6.07, 6.45) is 5.36. The summed E-state index contributed by atoms with van der Waals surface area (Å²) in [6.45, 7) is 8.67. The second-order valence-corrected chi connectivity index (χ2v) is 11.4. The maximum atomic E-state index is 13.3. The van der Waals surface area contributed by atoms with Crippen LogP contribution in [0, 0.1) is 17.2 Å². The van der Waals surface area contributed by atoms with Crippen molar-refractivity contribution in [1.29, 1.82) is 5.26 Å². The van der Waals surface area contributed by atoms with Gasteiger partial charge in [0, 0.05) is 44.1 Å². The van der Waals surface area contributed by atoms with Crippen LogP contribution in [-0.2, 0) is 24.3 Å². The number of benzene rings is 2. The molecule has 7 nitrogen and oxygen atoms in total. The van der Waals surface area contributed by atoms with E-state index in [9.17, 15) is 4.79 Å². The van der Waals surface area contributed by atoms with Gasteiger partial charge in [0.25, 0.3) is 0 Å². The lowest BCUT2D eigenvalue weighted by Crippen LogP contribution is -2.49. The molecule has 212 valence electrons. The van der Waals surface area contributed by atoms with Crippen LogP contribution in [-0.4, -0.2) is 44.6 Å². The van der Waals surface area contributed by atoms with E-state index in [-0.39, 0.29) is 18.4 Å². The number of amides is 1. The Balaban J connectivity index is 1.72. The van der Waals surface area contributed by atoms with Gasteiger partial charge in [0.05, 0.1) is 34.4 Å². The highest BCUT2D eigenvalue weighted by atomic mass is 35.5. The third-order valence-electron chi connectivity index (χ3n) is 6.34. The van der Waals surface area contributed by atoms with E-state index < -0.39 is 0 Å². The molecule has 3 aromatic rings. The molecule has 0 spiro atoms. The number of nitrogens with zero attached hydrogens (tertiary/aromatic N) is 4. The van der Waals surface area contributed by atoms with E-state index in [2.05, 4.69) is 42.5 Å². The molecule has 2 N–H and O–H groups in total. The van der Waals surface area contributed by atoms with Crippen LogP contribution in [0.4, 0.5) is 0 Å². The number of rotatable bonds is 13. The lowest BCUT2D eigenvalue weighted by Gasteiger charge is -2.32. The highest BCUT2D eigenvalue weighted by Gasteiger charge is 2.22. The molecule has 10 heteroatoms. The van der Waals surface area contributed by atoms with E-state index in [1.807, 2.05) is 33.7 Å². The summed E-state index contributed by atoms with van der Waals surface area (Å²) in [7, 11) is 0. The Morgan fingerprint density at radius 3 is 2.62 bits per heavy atom.